The number of nitrogens with one attached hydrogen (secondary N) is 2. The minimum atomic E-state index is -0.816. The SMILES string of the molecule is COc1cc(/C=N/NC(=O)C(=O)NCC(C)C)ccc1OCc1ccc(Br)cc1. The highest BCUT2D eigenvalue weighted by Gasteiger charge is 2.12. The molecule has 29 heavy (non-hydrogen) atoms. The van der Waals surface area contributed by atoms with Crippen molar-refractivity contribution in [1.29, 1.82) is 0 Å². The lowest BCUT2D eigenvalue weighted by Crippen LogP contribution is -2.39. The second-order valence-electron chi connectivity index (χ2n) is 6.63. The number of benzene rings is 2. The van der Waals surface area contributed by atoms with Crippen molar-refractivity contribution in [1.82, 2.24) is 10.7 Å². The van der Waals surface area contributed by atoms with Crippen LogP contribution < -0.4 is 20.2 Å². The third-order valence-electron chi connectivity index (χ3n) is 3.75. The molecule has 2 aromatic carbocycles. The molecule has 0 aromatic heterocycles. The zero-order valence-electron chi connectivity index (χ0n) is 16.6. The molecule has 0 saturated heterocycles. The highest BCUT2D eigenvalue weighted by Crippen LogP contribution is 2.28. The first kappa shape index (κ1) is 22.4. The molecule has 0 heterocycles. The molecule has 2 rings (SSSR count). The van der Waals surface area contributed by atoms with Crippen molar-refractivity contribution in [3.8, 4) is 11.5 Å². The summed E-state index contributed by atoms with van der Waals surface area (Å²) < 4.78 is 12.2. The van der Waals surface area contributed by atoms with Crippen molar-refractivity contribution in [2.75, 3.05) is 13.7 Å². The van der Waals surface area contributed by atoms with Gasteiger partial charge in [-0.05, 0) is 47.4 Å². The first-order valence-electron chi connectivity index (χ1n) is 9.05. The van der Waals surface area contributed by atoms with Crippen LogP contribution in [0.25, 0.3) is 0 Å². The van der Waals surface area contributed by atoms with Crippen molar-refractivity contribution < 1.29 is 19.1 Å². The van der Waals surface area contributed by atoms with Crippen LogP contribution in [0.1, 0.15) is 25.0 Å². The molecule has 0 unspecified atom stereocenters. The molecule has 0 radical (unpaired) electrons. The number of hydrogen-bond donors (Lipinski definition) is 2. The molecular formula is C21H24BrN3O4. The first-order chi connectivity index (χ1) is 13.9. The molecule has 0 aliphatic rings. The number of carbonyl (C=O) groups excluding carboxylic acids is 2. The number of nitrogens with zero attached hydrogens (tertiary/aromatic N) is 1. The topological polar surface area (TPSA) is 89.0 Å². The maximum atomic E-state index is 11.7. The molecule has 7 nitrogen and oxygen atoms in total. The van der Waals surface area contributed by atoms with E-state index < -0.39 is 11.8 Å². The van der Waals surface area contributed by atoms with E-state index in [0.29, 0.717) is 30.2 Å². The quantitative estimate of drug-likeness (QED) is 0.358. The highest BCUT2D eigenvalue weighted by molar-refractivity contribution is 9.10. The first-order valence-corrected chi connectivity index (χ1v) is 9.85. The summed E-state index contributed by atoms with van der Waals surface area (Å²) >= 11 is 3.40. The van der Waals surface area contributed by atoms with Crippen LogP contribution >= 0.6 is 15.9 Å². The molecule has 0 aliphatic carbocycles. The van der Waals surface area contributed by atoms with E-state index in [-0.39, 0.29) is 5.92 Å². The third kappa shape index (κ3) is 7.57. The van der Waals surface area contributed by atoms with Crippen LogP contribution in [-0.4, -0.2) is 31.7 Å². The average Bonchev–Trinajstić information content (AvgIpc) is 2.71. The van der Waals surface area contributed by atoms with Gasteiger partial charge >= 0.3 is 11.8 Å². The number of rotatable bonds is 8. The van der Waals surface area contributed by atoms with E-state index in [1.54, 1.807) is 25.3 Å². The summed E-state index contributed by atoms with van der Waals surface area (Å²) in [6.07, 6.45) is 1.43. The van der Waals surface area contributed by atoms with Gasteiger partial charge in [0.2, 0.25) is 0 Å². The molecule has 0 saturated carbocycles. The van der Waals surface area contributed by atoms with Crippen molar-refractivity contribution >= 4 is 34.0 Å². The fraction of sp³-hybridized carbons (Fsp3) is 0.286. The summed E-state index contributed by atoms with van der Waals surface area (Å²) in [5.41, 5.74) is 3.91. The molecule has 0 fully saturated rings. The Bertz CT molecular complexity index is 867. The standard InChI is InChI=1S/C21H24BrN3O4/c1-14(2)11-23-20(26)21(27)25-24-12-16-6-9-18(19(10-16)28-3)29-13-15-4-7-17(22)8-5-15/h4-10,12,14H,11,13H2,1-3H3,(H,23,26)(H,25,27)/b24-12+. The summed E-state index contributed by atoms with van der Waals surface area (Å²) in [7, 11) is 1.55. The van der Waals surface area contributed by atoms with E-state index in [9.17, 15) is 9.59 Å². The van der Waals surface area contributed by atoms with Crippen molar-refractivity contribution in [2.24, 2.45) is 11.0 Å². The second kappa shape index (κ2) is 11.2. The lowest BCUT2D eigenvalue weighted by atomic mass is 10.2. The molecule has 0 bridgehead atoms. The van der Waals surface area contributed by atoms with Crippen LogP contribution in [0.5, 0.6) is 11.5 Å². The molecular weight excluding hydrogens is 438 g/mol. The highest BCUT2D eigenvalue weighted by atomic mass is 79.9. The predicted molar refractivity (Wildman–Crippen MR) is 115 cm³/mol. The Balaban J connectivity index is 1.93. The third-order valence-corrected chi connectivity index (χ3v) is 4.28. The number of halogens is 1. The van der Waals surface area contributed by atoms with Gasteiger partial charge < -0.3 is 14.8 Å². The van der Waals surface area contributed by atoms with E-state index in [1.807, 2.05) is 38.1 Å². The number of hydrazone groups is 1. The van der Waals surface area contributed by atoms with Gasteiger partial charge in [0.25, 0.3) is 0 Å². The second-order valence-corrected chi connectivity index (χ2v) is 7.54. The summed E-state index contributed by atoms with van der Waals surface area (Å²) in [5.74, 6) is -0.155. The predicted octanol–water partition coefficient (Wildman–Crippen LogP) is 3.26. The maximum Gasteiger partial charge on any atom is 0.329 e. The minimum Gasteiger partial charge on any atom is -0.493 e. The lowest BCUT2D eigenvalue weighted by molar-refractivity contribution is -0.139. The monoisotopic (exact) mass is 461 g/mol. The maximum absolute atomic E-state index is 11.7. The zero-order valence-corrected chi connectivity index (χ0v) is 18.2. The largest absolute Gasteiger partial charge is 0.493 e. The fourth-order valence-corrected chi connectivity index (χ4v) is 2.48. The van der Waals surface area contributed by atoms with E-state index in [4.69, 9.17) is 9.47 Å². The normalized spacial score (nSPS) is 10.8. The number of hydrogen-bond acceptors (Lipinski definition) is 5. The Kier molecular flexibility index (Phi) is 8.67. The van der Waals surface area contributed by atoms with Gasteiger partial charge in [0, 0.05) is 11.0 Å². The molecule has 2 amide bonds. The fourth-order valence-electron chi connectivity index (χ4n) is 2.22. The van der Waals surface area contributed by atoms with Crippen molar-refractivity contribution in [3.63, 3.8) is 0 Å². The van der Waals surface area contributed by atoms with Crippen molar-refractivity contribution in [3.05, 3.63) is 58.1 Å². The van der Waals surface area contributed by atoms with E-state index >= 15 is 0 Å². The average molecular weight is 462 g/mol. The van der Waals surface area contributed by atoms with E-state index in [1.165, 1.54) is 6.21 Å². The van der Waals surface area contributed by atoms with Gasteiger partial charge in [-0.1, -0.05) is 41.9 Å². The Morgan fingerprint density at radius 2 is 1.83 bits per heavy atom. The Morgan fingerprint density at radius 1 is 1.10 bits per heavy atom. The van der Waals surface area contributed by atoms with Crippen molar-refractivity contribution in [2.45, 2.75) is 20.5 Å². The van der Waals surface area contributed by atoms with E-state index in [0.717, 1.165) is 10.0 Å². The van der Waals surface area contributed by atoms with Crippen LogP contribution in [0.2, 0.25) is 0 Å². The number of ether oxygens (including phenoxy) is 2. The van der Waals surface area contributed by atoms with E-state index in [2.05, 4.69) is 31.8 Å². The summed E-state index contributed by atoms with van der Waals surface area (Å²) in [4.78, 5) is 23.3. The van der Waals surface area contributed by atoms with Gasteiger partial charge in [0.1, 0.15) is 6.61 Å². The smallest absolute Gasteiger partial charge is 0.329 e. The van der Waals surface area contributed by atoms with Gasteiger partial charge in [-0.15, -0.1) is 0 Å². The summed E-state index contributed by atoms with van der Waals surface area (Å²) in [6.45, 7) is 4.71. The van der Waals surface area contributed by atoms with Gasteiger partial charge in [-0.3, -0.25) is 9.59 Å². The van der Waals surface area contributed by atoms with Gasteiger partial charge in [0.15, 0.2) is 11.5 Å². The molecule has 0 spiro atoms. The van der Waals surface area contributed by atoms with Gasteiger partial charge in [-0.2, -0.15) is 5.10 Å². The van der Waals surface area contributed by atoms with Crippen LogP contribution in [-0.2, 0) is 16.2 Å². The minimum absolute atomic E-state index is 0.257. The molecule has 0 atom stereocenters. The molecule has 154 valence electrons. The van der Waals surface area contributed by atoms with Crippen LogP contribution in [0.4, 0.5) is 0 Å². The Hall–Kier alpha value is -2.87. The molecule has 0 aliphatic heterocycles. The molecule has 2 N–H and O–H groups in total. The van der Waals surface area contributed by atoms with Gasteiger partial charge in [0.05, 0.1) is 13.3 Å². The Morgan fingerprint density at radius 3 is 2.48 bits per heavy atom. The van der Waals surface area contributed by atoms with Crippen LogP contribution in [0.3, 0.4) is 0 Å². The Labute approximate surface area is 178 Å². The number of amides is 2. The zero-order chi connectivity index (χ0) is 21.2. The van der Waals surface area contributed by atoms with Crippen LogP contribution in [0, 0.1) is 5.92 Å². The number of carbonyl (C=O) groups is 2. The lowest BCUT2D eigenvalue weighted by Gasteiger charge is -2.11. The van der Waals surface area contributed by atoms with Crippen LogP contribution in [0.15, 0.2) is 52.0 Å². The summed E-state index contributed by atoms with van der Waals surface area (Å²) in [5, 5.41) is 6.33. The summed E-state index contributed by atoms with van der Waals surface area (Å²) in [6, 6.07) is 13.1. The molecule has 2 aromatic rings. The molecule has 8 heteroatoms. The van der Waals surface area contributed by atoms with Gasteiger partial charge in [-0.25, -0.2) is 5.43 Å². The number of methoxy groups -OCH3 is 1.